The van der Waals surface area contributed by atoms with E-state index < -0.39 is 0 Å². The molecule has 0 saturated heterocycles. The normalized spacial score (nSPS) is 11.3. The summed E-state index contributed by atoms with van der Waals surface area (Å²) in [7, 11) is 0. The van der Waals surface area contributed by atoms with Crippen LogP contribution >= 0.6 is 11.3 Å². The summed E-state index contributed by atoms with van der Waals surface area (Å²) in [5, 5.41) is 24.3. The maximum absolute atomic E-state index is 9.84. The lowest BCUT2D eigenvalue weighted by Gasteiger charge is -2.17. The first-order valence-electron chi connectivity index (χ1n) is 19.5. The summed E-state index contributed by atoms with van der Waals surface area (Å²) in [5.41, 5.74) is 10.3. The van der Waals surface area contributed by atoms with Crippen LogP contribution in [0.1, 0.15) is 11.1 Å². The van der Waals surface area contributed by atoms with Gasteiger partial charge in [-0.1, -0.05) is 127 Å². The number of fused-ring (bicyclic) bond motifs is 6. The number of nitriles is 2. The average molecular weight is 783 g/mol. The van der Waals surface area contributed by atoms with E-state index in [2.05, 4.69) is 120 Å². The Balaban J connectivity index is 1.23. The summed E-state index contributed by atoms with van der Waals surface area (Å²) in [4.78, 5) is 15.6. The molecule has 0 aliphatic rings. The fraction of sp³-hybridized carbons (Fsp3) is 0. The highest BCUT2D eigenvalue weighted by Crippen LogP contribution is 2.43. The molecule has 0 atom stereocenters. The standard InChI is InChI=1S/C53H30N6S/c54-31-33-26-34(32-55)28-39(27-33)37-22-24-42-41-16-7-9-19-45(41)59(47(42)30-37)46-25-23-38(40-18-11-21-49-50(40)43-17-8-10-20-48(43)60-49)29-44(46)53-57-51(35-12-3-1-4-13-35)56-52(58-53)36-14-5-2-6-15-36/h1-30H. The van der Waals surface area contributed by atoms with Crippen LogP contribution in [0.3, 0.4) is 0 Å². The maximum atomic E-state index is 9.84. The molecular formula is C53H30N6S. The van der Waals surface area contributed by atoms with E-state index in [4.69, 9.17) is 15.0 Å². The molecule has 0 unspecified atom stereocenters. The molecule has 0 radical (unpaired) electrons. The Hall–Kier alpha value is -8.23. The van der Waals surface area contributed by atoms with Gasteiger partial charge < -0.3 is 4.57 Å². The monoisotopic (exact) mass is 782 g/mol. The van der Waals surface area contributed by atoms with Crippen molar-refractivity contribution < 1.29 is 0 Å². The van der Waals surface area contributed by atoms with Gasteiger partial charge in [0.25, 0.3) is 0 Å². The van der Waals surface area contributed by atoms with Crippen LogP contribution < -0.4 is 0 Å². The van der Waals surface area contributed by atoms with Gasteiger partial charge in [-0.25, -0.2) is 15.0 Å². The molecule has 0 fully saturated rings. The highest BCUT2D eigenvalue weighted by atomic mass is 32.1. The van der Waals surface area contributed by atoms with Gasteiger partial charge in [0.05, 0.1) is 40.0 Å². The second-order valence-electron chi connectivity index (χ2n) is 14.7. The Morgan fingerprint density at radius 1 is 0.400 bits per heavy atom. The van der Waals surface area contributed by atoms with Crippen molar-refractivity contribution in [3.8, 4) is 74.2 Å². The van der Waals surface area contributed by atoms with Gasteiger partial charge >= 0.3 is 0 Å². The maximum Gasteiger partial charge on any atom is 0.166 e. The van der Waals surface area contributed by atoms with E-state index in [9.17, 15) is 10.5 Å². The first-order valence-corrected chi connectivity index (χ1v) is 20.4. The zero-order chi connectivity index (χ0) is 40.2. The van der Waals surface area contributed by atoms with Gasteiger partial charge in [-0.15, -0.1) is 11.3 Å². The van der Waals surface area contributed by atoms with Crippen molar-refractivity contribution in [3.05, 3.63) is 193 Å². The van der Waals surface area contributed by atoms with Crippen molar-refractivity contribution in [1.82, 2.24) is 19.5 Å². The van der Waals surface area contributed by atoms with Crippen molar-refractivity contribution >= 4 is 53.3 Å². The molecule has 3 heterocycles. The van der Waals surface area contributed by atoms with Gasteiger partial charge in [-0.2, -0.15) is 10.5 Å². The van der Waals surface area contributed by atoms with Crippen LogP contribution in [0.5, 0.6) is 0 Å². The van der Waals surface area contributed by atoms with Crippen LogP contribution in [0.25, 0.3) is 104 Å². The molecule has 0 N–H and O–H groups in total. The van der Waals surface area contributed by atoms with Crippen molar-refractivity contribution in [2.45, 2.75) is 0 Å². The molecule has 60 heavy (non-hydrogen) atoms. The third-order valence-electron chi connectivity index (χ3n) is 11.1. The van der Waals surface area contributed by atoms with Gasteiger partial charge in [0.2, 0.25) is 0 Å². The summed E-state index contributed by atoms with van der Waals surface area (Å²) < 4.78 is 4.77. The van der Waals surface area contributed by atoms with Crippen molar-refractivity contribution in [1.29, 1.82) is 10.5 Å². The van der Waals surface area contributed by atoms with Crippen LogP contribution in [0.15, 0.2) is 182 Å². The van der Waals surface area contributed by atoms with Crippen molar-refractivity contribution in [2.24, 2.45) is 0 Å². The van der Waals surface area contributed by atoms with E-state index in [1.54, 1.807) is 17.4 Å². The van der Waals surface area contributed by atoms with E-state index in [-0.39, 0.29) is 0 Å². The molecule has 3 aromatic heterocycles. The number of hydrogen-bond donors (Lipinski definition) is 0. The minimum Gasteiger partial charge on any atom is -0.308 e. The van der Waals surface area contributed by atoms with Crippen LogP contribution in [0.2, 0.25) is 0 Å². The van der Waals surface area contributed by atoms with Gasteiger partial charge in [-0.05, 0) is 76.9 Å². The molecule has 6 nitrogen and oxygen atoms in total. The van der Waals surface area contributed by atoms with Gasteiger partial charge in [0.15, 0.2) is 17.5 Å². The smallest absolute Gasteiger partial charge is 0.166 e. The third-order valence-corrected chi connectivity index (χ3v) is 12.2. The second-order valence-corrected chi connectivity index (χ2v) is 15.7. The van der Waals surface area contributed by atoms with Crippen LogP contribution in [-0.4, -0.2) is 19.5 Å². The quantitative estimate of drug-likeness (QED) is 0.167. The lowest BCUT2D eigenvalue weighted by molar-refractivity contribution is 1.06. The summed E-state index contributed by atoms with van der Waals surface area (Å²) in [6.45, 7) is 0. The van der Waals surface area contributed by atoms with E-state index in [0.29, 0.717) is 28.6 Å². The molecule has 0 spiro atoms. The van der Waals surface area contributed by atoms with Crippen LogP contribution in [-0.2, 0) is 0 Å². The molecule has 278 valence electrons. The summed E-state index contributed by atoms with van der Waals surface area (Å²) in [5.74, 6) is 1.71. The molecule has 0 aliphatic carbocycles. The number of hydrogen-bond acceptors (Lipinski definition) is 6. The Bertz CT molecular complexity index is 3480. The second kappa shape index (κ2) is 14.3. The first kappa shape index (κ1) is 35.0. The highest BCUT2D eigenvalue weighted by Gasteiger charge is 2.22. The van der Waals surface area contributed by atoms with E-state index in [1.165, 1.54) is 20.2 Å². The number of benzene rings is 8. The lowest BCUT2D eigenvalue weighted by atomic mass is 9.96. The highest BCUT2D eigenvalue weighted by molar-refractivity contribution is 7.25. The minimum absolute atomic E-state index is 0.439. The molecule has 11 aromatic rings. The molecule has 0 amide bonds. The van der Waals surface area contributed by atoms with Gasteiger partial charge in [0, 0.05) is 47.6 Å². The number of rotatable bonds is 6. The average Bonchev–Trinajstić information content (AvgIpc) is 3.87. The van der Waals surface area contributed by atoms with Gasteiger partial charge in [-0.3, -0.25) is 0 Å². The van der Waals surface area contributed by atoms with Crippen molar-refractivity contribution in [3.63, 3.8) is 0 Å². The Labute approximate surface area is 349 Å². The Morgan fingerprint density at radius 2 is 1.00 bits per heavy atom. The van der Waals surface area contributed by atoms with Crippen molar-refractivity contribution in [2.75, 3.05) is 0 Å². The zero-order valence-electron chi connectivity index (χ0n) is 31.9. The summed E-state index contributed by atoms with van der Waals surface area (Å²) in [6.07, 6.45) is 0. The number of aromatic nitrogens is 4. The third kappa shape index (κ3) is 5.89. The van der Waals surface area contributed by atoms with E-state index in [1.807, 2.05) is 72.8 Å². The molecule has 11 rings (SSSR count). The number of para-hydroxylation sites is 1. The molecule has 0 bridgehead atoms. The molecule has 7 heteroatoms. The molecular weight excluding hydrogens is 753 g/mol. The lowest BCUT2D eigenvalue weighted by Crippen LogP contribution is -2.04. The Morgan fingerprint density at radius 3 is 1.72 bits per heavy atom. The molecule has 8 aromatic carbocycles. The predicted molar refractivity (Wildman–Crippen MR) is 244 cm³/mol. The first-order chi connectivity index (χ1) is 29.6. The minimum atomic E-state index is 0.439. The van der Waals surface area contributed by atoms with E-state index in [0.717, 1.165) is 66.4 Å². The summed E-state index contributed by atoms with van der Waals surface area (Å²) >= 11 is 1.81. The SMILES string of the molecule is N#Cc1cc(C#N)cc(-c2ccc3c4ccccc4n(-c4ccc(-c5cccc6sc7ccccc7c56)cc4-c4nc(-c5ccccc5)nc(-c5ccccc5)n4)c3c2)c1. The van der Waals surface area contributed by atoms with Gasteiger partial charge in [0.1, 0.15) is 0 Å². The van der Waals surface area contributed by atoms with Crippen LogP contribution in [0, 0.1) is 22.7 Å². The zero-order valence-corrected chi connectivity index (χ0v) is 32.7. The fourth-order valence-corrected chi connectivity index (χ4v) is 9.49. The van der Waals surface area contributed by atoms with Crippen LogP contribution in [0.4, 0.5) is 0 Å². The predicted octanol–water partition coefficient (Wildman–Crippen LogP) is 13.4. The fourth-order valence-electron chi connectivity index (χ4n) is 8.35. The summed E-state index contributed by atoms with van der Waals surface area (Å²) in [6, 6.07) is 66.4. The number of nitrogens with zero attached hydrogens (tertiary/aromatic N) is 6. The topological polar surface area (TPSA) is 91.2 Å². The number of thiophene rings is 1. The molecule has 0 saturated carbocycles. The molecule has 0 aliphatic heterocycles. The van der Waals surface area contributed by atoms with E-state index >= 15 is 0 Å². The largest absolute Gasteiger partial charge is 0.308 e. The Kier molecular flexibility index (Phi) is 8.34.